The molecule has 0 bridgehead atoms. The van der Waals surface area contributed by atoms with Crippen LogP contribution in [0.25, 0.3) is 0 Å². The van der Waals surface area contributed by atoms with E-state index in [1.807, 2.05) is 18.0 Å². The summed E-state index contributed by atoms with van der Waals surface area (Å²) in [5, 5.41) is 4.13. The van der Waals surface area contributed by atoms with Gasteiger partial charge in [-0.05, 0) is 29.4 Å². The van der Waals surface area contributed by atoms with Gasteiger partial charge in [0.05, 0.1) is 6.42 Å². The van der Waals surface area contributed by atoms with Crippen LogP contribution in [-0.4, -0.2) is 24.5 Å². The van der Waals surface area contributed by atoms with Crippen molar-refractivity contribution >= 4 is 17.3 Å². The molecule has 0 amide bonds. The normalized spacial score (nSPS) is 10.6. The van der Waals surface area contributed by atoms with Crippen molar-refractivity contribution in [3.05, 3.63) is 22.4 Å². The van der Waals surface area contributed by atoms with E-state index in [1.54, 1.807) is 11.3 Å². The zero-order valence-corrected chi connectivity index (χ0v) is 9.42. The maximum Gasteiger partial charge on any atom is 0.327 e. The molecule has 3 N–H and O–H groups in total. The van der Waals surface area contributed by atoms with E-state index in [1.165, 1.54) is 5.56 Å². The summed E-state index contributed by atoms with van der Waals surface area (Å²) in [7, 11) is 1.96. The average Bonchev–Trinajstić information content (AvgIpc) is 2.68. The smallest absolute Gasteiger partial charge is 0.327 e. The van der Waals surface area contributed by atoms with Gasteiger partial charge in [0.25, 0.3) is 0 Å². The topological polar surface area (TPSA) is 67.6 Å². The number of hydrazine groups is 1. The first-order chi connectivity index (χ1) is 7.22. The summed E-state index contributed by atoms with van der Waals surface area (Å²) in [5.74, 6) is 4.49. The Bertz CT molecular complexity index is 290. The van der Waals surface area contributed by atoms with Crippen molar-refractivity contribution in [1.29, 1.82) is 0 Å². The monoisotopic (exact) mass is 229 g/mol. The highest BCUT2D eigenvalue weighted by molar-refractivity contribution is 7.07. The lowest BCUT2D eigenvalue weighted by molar-refractivity contribution is -0.151. The van der Waals surface area contributed by atoms with E-state index in [0.717, 1.165) is 6.54 Å². The van der Waals surface area contributed by atoms with Gasteiger partial charge in [0, 0.05) is 13.1 Å². The van der Waals surface area contributed by atoms with Crippen molar-refractivity contribution in [3.63, 3.8) is 0 Å². The van der Waals surface area contributed by atoms with Crippen molar-refractivity contribution in [2.75, 3.05) is 13.6 Å². The van der Waals surface area contributed by atoms with Crippen LogP contribution < -0.4 is 11.4 Å². The zero-order valence-electron chi connectivity index (χ0n) is 8.60. The van der Waals surface area contributed by atoms with Crippen LogP contribution in [0.5, 0.6) is 0 Å². The molecule has 6 heteroatoms. The number of thiophene rings is 1. The number of hydrogen-bond donors (Lipinski definition) is 2. The van der Waals surface area contributed by atoms with E-state index < -0.39 is 0 Å². The predicted molar refractivity (Wildman–Crippen MR) is 58.7 cm³/mol. The molecule has 15 heavy (non-hydrogen) atoms. The molecule has 0 unspecified atom stereocenters. The van der Waals surface area contributed by atoms with Crippen molar-refractivity contribution in [3.8, 4) is 0 Å². The average molecular weight is 229 g/mol. The molecule has 0 atom stereocenters. The largest absolute Gasteiger partial charge is 0.356 e. The first-order valence-electron chi connectivity index (χ1n) is 4.57. The molecule has 1 aromatic heterocycles. The summed E-state index contributed by atoms with van der Waals surface area (Å²) in [5.41, 5.74) is 3.13. The Hall–Kier alpha value is -0.950. The van der Waals surface area contributed by atoms with Crippen molar-refractivity contribution < 1.29 is 9.63 Å². The number of carbonyl (C=O) groups is 1. The fourth-order valence-corrected chi connectivity index (χ4v) is 1.83. The van der Waals surface area contributed by atoms with Crippen LogP contribution in [0.15, 0.2) is 16.8 Å². The molecular weight excluding hydrogens is 214 g/mol. The molecule has 0 spiro atoms. The van der Waals surface area contributed by atoms with Gasteiger partial charge in [0.2, 0.25) is 0 Å². The van der Waals surface area contributed by atoms with E-state index in [4.69, 9.17) is 5.84 Å². The Labute approximate surface area is 92.7 Å². The van der Waals surface area contributed by atoms with Crippen LogP contribution in [0, 0.1) is 0 Å². The Kier molecular flexibility index (Phi) is 5.27. The Balaban J connectivity index is 2.19. The summed E-state index contributed by atoms with van der Waals surface area (Å²) in [4.78, 5) is 17.4. The molecule has 1 rings (SSSR count). The lowest BCUT2D eigenvalue weighted by atomic mass is 10.3. The molecule has 1 aromatic rings. The third-order valence-corrected chi connectivity index (χ3v) is 2.64. The summed E-state index contributed by atoms with van der Waals surface area (Å²) in [6.45, 7) is 1.49. The number of nitrogens with two attached hydrogens (primary N) is 1. The van der Waals surface area contributed by atoms with E-state index >= 15 is 0 Å². The van der Waals surface area contributed by atoms with Gasteiger partial charge in [-0.25, -0.2) is 5.84 Å². The van der Waals surface area contributed by atoms with Crippen LogP contribution in [0.1, 0.15) is 12.0 Å². The highest BCUT2D eigenvalue weighted by Crippen LogP contribution is 2.08. The fourth-order valence-electron chi connectivity index (χ4n) is 1.17. The molecule has 0 saturated heterocycles. The molecule has 1 heterocycles. The van der Waals surface area contributed by atoms with E-state index in [9.17, 15) is 4.79 Å². The minimum atomic E-state index is -0.352. The quantitative estimate of drug-likeness (QED) is 0.549. The van der Waals surface area contributed by atoms with Crippen molar-refractivity contribution in [2.45, 2.75) is 13.0 Å². The van der Waals surface area contributed by atoms with Crippen LogP contribution in [-0.2, 0) is 16.2 Å². The number of nitrogens with one attached hydrogen (secondary N) is 1. The Morgan fingerprint density at radius 3 is 3.13 bits per heavy atom. The Morgan fingerprint density at radius 1 is 1.73 bits per heavy atom. The standard InChI is InChI=1S/C9H15N3O2S/c1-12(4-2-9(13)14-11-10)6-8-3-5-15-7-8/h3,5,7,11H,2,4,6,10H2,1H3. The van der Waals surface area contributed by atoms with E-state index in [-0.39, 0.29) is 5.97 Å². The highest BCUT2D eigenvalue weighted by Gasteiger charge is 2.06. The molecule has 5 nitrogen and oxygen atoms in total. The van der Waals surface area contributed by atoms with Gasteiger partial charge in [-0.1, -0.05) is 5.59 Å². The van der Waals surface area contributed by atoms with Gasteiger partial charge in [0.15, 0.2) is 0 Å². The summed E-state index contributed by atoms with van der Waals surface area (Å²) >= 11 is 1.67. The number of rotatable bonds is 6. The Morgan fingerprint density at radius 2 is 2.53 bits per heavy atom. The molecule has 0 saturated carbocycles. The highest BCUT2D eigenvalue weighted by atomic mass is 32.1. The van der Waals surface area contributed by atoms with Crippen molar-refractivity contribution in [2.24, 2.45) is 5.84 Å². The lowest BCUT2D eigenvalue weighted by Gasteiger charge is -2.14. The number of hydrogen-bond acceptors (Lipinski definition) is 6. The van der Waals surface area contributed by atoms with Gasteiger partial charge in [-0.3, -0.25) is 4.79 Å². The molecule has 0 fully saturated rings. The fraction of sp³-hybridized carbons (Fsp3) is 0.444. The molecule has 0 aromatic carbocycles. The van der Waals surface area contributed by atoms with Crippen LogP contribution in [0.3, 0.4) is 0 Å². The van der Waals surface area contributed by atoms with Gasteiger partial charge in [-0.2, -0.15) is 11.3 Å². The second-order valence-corrected chi connectivity index (χ2v) is 3.99. The number of carbonyl (C=O) groups excluding carboxylic acids is 1. The van der Waals surface area contributed by atoms with Crippen molar-refractivity contribution in [1.82, 2.24) is 10.5 Å². The molecule has 0 radical (unpaired) electrons. The minimum absolute atomic E-state index is 0.324. The molecule has 0 aliphatic rings. The van der Waals surface area contributed by atoms with Gasteiger partial charge < -0.3 is 9.74 Å². The summed E-state index contributed by atoms with van der Waals surface area (Å²) in [6.07, 6.45) is 0.324. The van der Waals surface area contributed by atoms with Crippen LogP contribution >= 0.6 is 11.3 Å². The predicted octanol–water partition coefficient (Wildman–Crippen LogP) is 0.492. The maximum atomic E-state index is 11.0. The van der Waals surface area contributed by atoms with E-state index in [2.05, 4.69) is 21.2 Å². The molecule has 84 valence electrons. The van der Waals surface area contributed by atoms with Gasteiger partial charge >= 0.3 is 5.97 Å². The van der Waals surface area contributed by atoms with Gasteiger partial charge in [-0.15, -0.1) is 0 Å². The van der Waals surface area contributed by atoms with E-state index in [0.29, 0.717) is 13.0 Å². The lowest BCUT2D eigenvalue weighted by Crippen LogP contribution is -2.29. The minimum Gasteiger partial charge on any atom is -0.356 e. The first kappa shape index (κ1) is 12.1. The molecule has 0 aliphatic carbocycles. The maximum absolute atomic E-state index is 11.0. The summed E-state index contributed by atoms with van der Waals surface area (Å²) in [6, 6.07) is 2.07. The second-order valence-electron chi connectivity index (χ2n) is 3.21. The van der Waals surface area contributed by atoms with Crippen LogP contribution in [0.2, 0.25) is 0 Å². The third-order valence-electron chi connectivity index (χ3n) is 1.90. The molecule has 0 aliphatic heterocycles. The first-order valence-corrected chi connectivity index (χ1v) is 5.51. The SMILES string of the molecule is CN(CCC(=O)ONN)Cc1ccsc1. The second kappa shape index (κ2) is 6.52. The summed E-state index contributed by atoms with van der Waals surface area (Å²) < 4.78 is 0. The van der Waals surface area contributed by atoms with Gasteiger partial charge in [0.1, 0.15) is 0 Å². The number of nitrogens with zero attached hydrogens (tertiary/aromatic N) is 1. The van der Waals surface area contributed by atoms with Crippen LogP contribution in [0.4, 0.5) is 0 Å². The third kappa shape index (κ3) is 4.89. The zero-order chi connectivity index (χ0) is 11.1. The molecular formula is C9H15N3O2S.